The Bertz CT molecular complexity index is 496. The van der Waals surface area contributed by atoms with Crippen LogP contribution in [0.5, 0.6) is 11.5 Å². The van der Waals surface area contributed by atoms with Crippen molar-refractivity contribution in [2.24, 2.45) is 0 Å². The molecule has 1 fully saturated rings. The molecule has 1 aromatic rings. The average molecular weight is 306 g/mol. The molecule has 0 saturated carbocycles. The summed E-state index contributed by atoms with van der Waals surface area (Å²) in [5.41, 5.74) is 1.44. The van der Waals surface area contributed by atoms with Gasteiger partial charge in [-0.25, -0.2) is 0 Å². The van der Waals surface area contributed by atoms with Crippen LogP contribution in [0.15, 0.2) is 18.2 Å². The maximum Gasteiger partial charge on any atom is 0.165 e. The van der Waals surface area contributed by atoms with Gasteiger partial charge in [0.2, 0.25) is 0 Å². The van der Waals surface area contributed by atoms with Crippen LogP contribution < -0.4 is 20.1 Å². The fourth-order valence-electron chi connectivity index (χ4n) is 3.81. The summed E-state index contributed by atoms with van der Waals surface area (Å²) in [6.07, 6.45) is 2.23. The summed E-state index contributed by atoms with van der Waals surface area (Å²) >= 11 is 0. The van der Waals surface area contributed by atoms with Crippen molar-refractivity contribution in [2.45, 2.75) is 64.2 Å². The van der Waals surface area contributed by atoms with Gasteiger partial charge in [-0.05, 0) is 46.6 Å². The number of methoxy groups -OCH3 is 2. The molecule has 2 N–H and O–H groups in total. The monoisotopic (exact) mass is 306 g/mol. The maximum atomic E-state index is 5.51. The van der Waals surface area contributed by atoms with Gasteiger partial charge in [-0.3, -0.25) is 0 Å². The fourth-order valence-corrected chi connectivity index (χ4v) is 3.81. The van der Waals surface area contributed by atoms with E-state index in [0.717, 1.165) is 36.4 Å². The summed E-state index contributed by atoms with van der Waals surface area (Å²) in [5, 5.41) is 7.42. The molecular weight excluding hydrogens is 276 g/mol. The van der Waals surface area contributed by atoms with Crippen molar-refractivity contribution in [3.63, 3.8) is 0 Å². The van der Waals surface area contributed by atoms with Crippen LogP contribution in [0.2, 0.25) is 0 Å². The summed E-state index contributed by atoms with van der Waals surface area (Å²) < 4.78 is 10.9. The largest absolute Gasteiger partial charge is 0.493 e. The quantitative estimate of drug-likeness (QED) is 0.877. The summed E-state index contributed by atoms with van der Waals surface area (Å²) in [7, 11) is 3.37. The molecule has 0 amide bonds. The van der Waals surface area contributed by atoms with E-state index in [9.17, 15) is 0 Å². The lowest BCUT2D eigenvalue weighted by Crippen LogP contribution is -2.61. The number of para-hydroxylation sites is 1. The van der Waals surface area contributed by atoms with Gasteiger partial charge < -0.3 is 20.1 Å². The zero-order valence-electron chi connectivity index (χ0n) is 14.7. The van der Waals surface area contributed by atoms with Crippen LogP contribution in [0.4, 0.5) is 0 Å². The Balaban J connectivity index is 2.07. The Labute approximate surface area is 134 Å². The van der Waals surface area contributed by atoms with Crippen molar-refractivity contribution in [1.29, 1.82) is 0 Å². The van der Waals surface area contributed by atoms with Gasteiger partial charge in [0.15, 0.2) is 11.5 Å². The third-order valence-electron chi connectivity index (χ3n) is 4.26. The van der Waals surface area contributed by atoms with Crippen LogP contribution in [-0.2, 0) is 6.54 Å². The Hall–Kier alpha value is -1.26. The van der Waals surface area contributed by atoms with E-state index in [4.69, 9.17) is 9.47 Å². The topological polar surface area (TPSA) is 42.5 Å². The Kier molecular flexibility index (Phi) is 5.03. The van der Waals surface area contributed by atoms with Gasteiger partial charge in [0, 0.05) is 29.2 Å². The third kappa shape index (κ3) is 4.14. The van der Waals surface area contributed by atoms with E-state index in [1.807, 2.05) is 12.1 Å². The average Bonchev–Trinajstić information content (AvgIpc) is 2.41. The Morgan fingerprint density at radius 1 is 1.09 bits per heavy atom. The minimum Gasteiger partial charge on any atom is -0.493 e. The first-order valence-electron chi connectivity index (χ1n) is 7.99. The minimum atomic E-state index is 0.151. The van der Waals surface area contributed by atoms with Crippen molar-refractivity contribution >= 4 is 0 Å². The molecular formula is C18H30N2O2. The molecule has 4 heteroatoms. The molecule has 0 aromatic heterocycles. The SMILES string of the molecule is COc1cccc(CNC2CC(C)(C)NC(C)(C)C2)c1OC. The molecule has 0 aliphatic carbocycles. The van der Waals surface area contributed by atoms with Crippen molar-refractivity contribution in [3.05, 3.63) is 23.8 Å². The van der Waals surface area contributed by atoms with E-state index in [1.54, 1.807) is 14.2 Å². The second kappa shape index (κ2) is 6.47. The molecule has 0 spiro atoms. The molecule has 1 aliphatic heterocycles. The van der Waals surface area contributed by atoms with Gasteiger partial charge in [0.05, 0.1) is 14.2 Å². The predicted octanol–water partition coefficient (Wildman–Crippen LogP) is 3.10. The maximum absolute atomic E-state index is 5.51. The number of ether oxygens (including phenoxy) is 2. The van der Waals surface area contributed by atoms with Crippen molar-refractivity contribution in [2.75, 3.05) is 14.2 Å². The van der Waals surface area contributed by atoms with Crippen LogP contribution >= 0.6 is 0 Å². The lowest BCUT2D eigenvalue weighted by Gasteiger charge is -2.46. The van der Waals surface area contributed by atoms with E-state index in [0.29, 0.717) is 6.04 Å². The van der Waals surface area contributed by atoms with E-state index in [1.165, 1.54) is 0 Å². The molecule has 1 aromatic carbocycles. The molecule has 0 radical (unpaired) electrons. The third-order valence-corrected chi connectivity index (χ3v) is 4.26. The highest BCUT2D eigenvalue weighted by Crippen LogP contribution is 2.32. The van der Waals surface area contributed by atoms with Crippen LogP contribution in [0, 0.1) is 0 Å². The number of nitrogens with one attached hydrogen (secondary N) is 2. The minimum absolute atomic E-state index is 0.151. The Morgan fingerprint density at radius 3 is 2.27 bits per heavy atom. The van der Waals surface area contributed by atoms with Crippen LogP contribution in [0.1, 0.15) is 46.1 Å². The first-order valence-corrected chi connectivity index (χ1v) is 7.99. The van der Waals surface area contributed by atoms with Gasteiger partial charge in [0.25, 0.3) is 0 Å². The zero-order chi connectivity index (χ0) is 16.4. The first-order chi connectivity index (χ1) is 10.3. The van der Waals surface area contributed by atoms with Gasteiger partial charge in [-0.1, -0.05) is 12.1 Å². The summed E-state index contributed by atoms with van der Waals surface area (Å²) in [5.74, 6) is 1.61. The molecule has 1 heterocycles. The highest BCUT2D eigenvalue weighted by atomic mass is 16.5. The van der Waals surface area contributed by atoms with E-state index >= 15 is 0 Å². The summed E-state index contributed by atoms with van der Waals surface area (Å²) in [6.45, 7) is 9.88. The first kappa shape index (κ1) is 17.1. The van der Waals surface area contributed by atoms with Crippen molar-refractivity contribution in [3.8, 4) is 11.5 Å². The lowest BCUT2D eigenvalue weighted by atomic mass is 9.79. The van der Waals surface area contributed by atoms with E-state index in [-0.39, 0.29) is 11.1 Å². The highest BCUT2D eigenvalue weighted by Gasteiger charge is 2.37. The van der Waals surface area contributed by atoms with E-state index < -0.39 is 0 Å². The van der Waals surface area contributed by atoms with Gasteiger partial charge in [0.1, 0.15) is 0 Å². The zero-order valence-corrected chi connectivity index (χ0v) is 14.7. The second-order valence-corrected chi connectivity index (χ2v) is 7.53. The molecule has 0 bridgehead atoms. The van der Waals surface area contributed by atoms with Crippen LogP contribution in [0.3, 0.4) is 0 Å². The smallest absolute Gasteiger partial charge is 0.165 e. The van der Waals surface area contributed by atoms with E-state index in [2.05, 4.69) is 44.4 Å². The van der Waals surface area contributed by atoms with Crippen molar-refractivity contribution in [1.82, 2.24) is 10.6 Å². The normalized spacial score (nSPS) is 20.6. The molecule has 22 heavy (non-hydrogen) atoms. The number of hydrogen-bond acceptors (Lipinski definition) is 4. The summed E-state index contributed by atoms with van der Waals surface area (Å²) in [4.78, 5) is 0. The Morgan fingerprint density at radius 2 is 1.73 bits per heavy atom. The molecule has 0 unspecified atom stereocenters. The van der Waals surface area contributed by atoms with Gasteiger partial charge >= 0.3 is 0 Å². The molecule has 0 atom stereocenters. The summed E-state index contributed by atoms with van der Waals surface area (Å²) in [6, 6.07) is 6.52. The number of rotatable bonds is 5. The highest BCUT2D eigenvalue weighted by molar-refractivity contribution is 5.46. The molecule has 1 aliphatic rings. The lowest BCUT2D eigenvalue weighted by molar-refractivity contribution is 0.145. The van der Waals surface area contributed by atoms with Crippen LogP contribution in [-0.4, -0.2) is 31.3 Å². The molecule has 2 rings (SSSR count). The van der Waals surface area contributed by atoms with Crippen molar-refractivity contribution < 1.29 is 9.47 Å². The van der Waals surface area contributed by atoms with Gasteiger partial charge in [-0.15, -0.1) is 0 Å². The van der Waals surface area contributed by atoms with Crippen LogP contribution in [0.25, 0.3) is 0 Å². The second-order valence-electron chi connectivity index (χ2n) is 7.53. The molecule has 1 saturated heterocycles. The van der Waals surface area contributed by atoms with Gasteiger partial charge in [-0.2, -0.15) is 0 Å². The standard InChI is InChI=1S/C18H30N2O2/c1-17(2)10-14(11-18(3,4)20-17)19-12-13-8-7-9-15(21-5)16(13)22-6/h7-9,14,19-20H,10-12H2,1-6H3. The number of piperidine rings is 1. The number of hydrogen-bond donors (Lipinski definition) is 2. The number of benzene rings is 1. The molecule has 4 nitrogen and oxygen atoms in total. The fraction of sp³-hybridized carbons (Fsp3) is 0.667. The predicted molar refractivity (Wildman–Crippen MR) is 90.7 cm³/mol. The molecule has 124 valence electrons.